The molecule has 0 spiro atoms. The summed E-state index contributed by atoms with van der Waals surface area (Å²) in [5.41, 5.74) is 0. The molecule has 1 heterocycles. The average molecular weight is 326 g/mol. The SMILES string of the molecule is C[C@@H]1OC(C(=O)[C@H](O)[C@@H](O)[C@H](O)[C@H](O)CO)[C@H](O)[C@H](O)[C@H]1O. The van der Waals surface area contributed by atoms with Crippen LogP contribution in [0.1, 0.15) is 6.92 Å². The van der Waals surface area contributed by atoms with Gasteiger partial charge in [-0.15, -0.1) is 0 Å². The van der Waals surface area contributed by atoms with Gasteiger partial charge in [0.15, 0.2) is 5.78 Å². The van der Waals surface area contributed by atoms with Crippen LogP contribution in [0.2, 0.25) is 0 Å². The van der Waals surface area contributed by atoms with E-state index >= 15 is 0 Å². The van der Waals surface area contributed by atoms with Crippen LogP contribution in [0.4, 0.5) is 0 Å². The fourth-order valence-corrected chi connectivity index (χ4v) is 2.15. The van der Waals surface area contributed by atoms with Crippen molar-refractivity contribution in [2.24, 2.45) is 0 Å². The zero-order valence-electron chi connectivity index (χ0n) is 11.8. The van der Waals surface area contributed by atoms with Crippen LogP contribution in [0.15, 0.2) is 0 Å². The number of ketones is 1. The number of hydrogen-bond donors (Lipinski definition) is 8. The number of aliphatic hydroxyl groups excluding tert-OH is 8. The molecule has 0 aliphatic carbocycles. The van der Waals surface area contributed by atoms with Crippen LogP contribution in [-0.2, 0) is 9.53 Å². The van der Waals surface area contributed by atoms with E-state index in [-0.39, 0.29) is 0 Å². The second-order valence-electron chi connectivity index (χ2n) is 5.31. The minimum atomic E-state index is -2.24. The Morgan fingerprint density at radius 2 is 1.55 bits per heavy atom. The highest BCUT2D eigenvalue weighted by atomic mass is 16.5. The van der Waals surface area contributed by atoms with Gasteiger partial charge in [-0.1, -0.05) is 0 Å². The van der Waals surface area contributed by atoms with Crippen molar-refractivity contribution in [1.82, 2.24) is 0 Å². The highest BCUT2D eigenvalue weighted by Gasteiger charge is 2.48. The number of carbonyl (C=O) groups is 1. The van der Waals surface area contributed by atoms with Crippen LogP contribution < -0.4 is 0 Å². The zero-order chi connectivity index (χ0) is 17.2. The molecule has 0 aromatic carbocycles. The molecule has 22 heavy (non-hydrogen) atoms. The Balaban J connectivity index is 2.81. The topological polar surface area (TPSA) is 188 Å². The van der Waals surface area contributed by atoms with Gasteiger partial charge in [0.2, 0.25) is 0 Å². The van der Waals surface area contributed by atoms with Crippen molar-refractivity contribution >= 4 is 5.78 Å². The lowest BCUT2D eigenvalue weighted by atomic mass is 9.89. The fourth-order valence-electron chi connectivity index (χ4n) is 2.15. The van der Waals surface area contributed by atoms with Gasteiger partial charge in [0.25, 0.3) is 0 Å². The molecule has 0 aromatic heterocycles. The van der Waals surface area contributed by atoms with Crippen molar-refractivity contribution in [1.29, 1.82) is 0 Å². The Labute approximate surface area is 125 Å². The summed E-state index contributed by atoms with van der Waals surface area (Å²) in [6.07, 6.45) is -16.0. The molecule has 0 radical (unpaired) electrons. The first-order chi connectivity index (χ1) is 10.1. The van der Waals surface area contributed by atoms with E-state index in [9.17, 15) is 40.5 Å². The average Bonchev–Trinajstić information content (AvgIpc) is 2.52. The van der Waals surface area contributed by atoms with Gasteiger partial charge in [-0.3, -0.25) is 4.79 Å². The minimum Gasteiger partial charge on any atom is -0.394 e. The van der Waals surface area contributed by atoms with Crippen molar-refractivity contribution in [2.75, 3.05) is 6.61 Å². The van der Waals surface area contributed by atoms with Gasteiger partial charge in [-0.2, -0.15) is 0 Å². The van der Waals surface area contributed by atoms with E-state index in [1.807, 2.05) is 0 Å². The summed E-state index contributed by atoms with van der Waals surface area (Å²) >= 11 is 0. The quantitative estimate of drug-likeness (QED) is 0.234. The van der Waals surface area contributed by atoms with Gasteiger partial charge in [0.05, 0.1) is 12.7 Å². The summed E-state index contributed by atoms with van der Waals surface area (Å²) < 4.78 is 5.01. The van der Waals surface area contributed by atoms with E-state index in [0.717, 1.165) is 0 Å². The Hall–Kier alpha value is -0.690. The molecule has 1 aliphatic heterocycles. The predicted molar refractivity (Wildman–Crippen MR) is 68.5 cm³/mol. The van der Waals surface area contributed by atoms with E-state index in [2.05, 4.69) is 0 Å². The second-order valence-corrected chi connectivity index (χ2v) is 5.31. The molecule has 0 amide bonds. The van der Waals surface area contributed by atoms with Crippen LogP contribution in [0, 0.1) is 0 Å². The summed E-state index contributed by atoms with van der Waals surface area (Å²) in [6.45, 7) is 0.414. The third-order valence-corrected chi connectivity index (χ3v) is 3.68. The van der Waals surface area contributed by atoms with Crippen molar-refractivity contribution in [3.8, 4) is 0 Å². The Bertz CT molecular complexity index is 377. The van der Waals surface area contributed by atoms with Gasteiger partial charge >= 0.3 is 0 Å². The summed E-state index contributed by atoms with van der Waals surface area (Å²) in [7, 11) is 0. The summed E-state index contributed by atoms with van der Waals surface area (Å²) in [4.78, 5) is 12.0. The minimum absolute atomic E-state index is 0.913. The number of ether oxygens (including phenoxy) is 1. The third-order valence-electron chi connectivity index (χ3n) is 3.68. The van der Waals surface area contributed by atoms with Crippen LogP contribution in [0.25, 0.3) is 0 Å². The van der Waals surface area contributed by atoms with Gasteiger partial charge in [0.1, 0.15) is 48.8 Å². The number of aliphatic hydroxyl groups is 8. The van der Waals surface area contributed by atoms with Crippen LogP contribution in [-0.4, -0.2) is 108 Å². The number of hydrogen-bond acceptors (Lipinski definition) is 10. The molecule has 1 fully saturated rings. The lowest BCUT2D eigenvalue weighted by molar-refractivity contribution is -0.221. The van der Waals surface area contributed by atoms with Crippen molar-refractivity contribution in [2.45, 2.75) is 61.9 Å². The Morgan fingerprint density at radius 1 is 1.00 bits per heavy atom. The molecule has 1 rings (SSSR count). The molecule has 1 unspecified atom stereocenters. The lowest BCUT2D eigenvalue weighted by Gasteiger charge is -2.39. The van der Waals surface area contributed by atoms with Crippen molar-refractivity contribution < 1.29 is 50.4 Å². The summed E-state index contributed by atoms with van der Waals surface area (Å²) in [5, 5.41) is 75.4. The van der Waals surface area contributed by atoms with Gasteiger partial charge in [0, 0.05) is 0 Å². The number of carbonyl (C=O) groups excluding carboxylic acids is 1. The zero-order valence-corrected chi connectivity index (χ0v) is 11.8. The summed E-state index contributed by atoms with van der Waals surface area (Å²) in [5.74, 6) is -1.25. The smallest absolute Gasteiger partial charge is 0.195 e. The van der Waals surface area contributed by atoms with Crippen LogP contribution in [0.5, 0.6) is 0 Å². The van der Waals surface area contributed by atoms with E-state index in [4.69, 9.17) is 9.84 Å². The van der Waals surface area contributed by atoms with Gasteiger partial charge in [-0.25, -0.2) is 0 Å². The molecular formula is C12H22O10. The summed E-state index contributed by atoms with van der Waals surface area (Å²) in [6, 6.07) is 0. The van der Waals surface area contributed by atoms with Crippen molar-refractivity contribution in [3.63, 3.8) is 0 Å². The maximum absolute atomic E-state index is 12.0. The van der Waals surface area contributed by atoms with Crippen LogP contribution >= 0.6 is 0 Å². The van der Waals surface area contributed by atoms with E-state index in [0.29, 0.717) is 0 Å². The lowest BCUT2D eigenvalue weighted by Crippen LogP contribution is -2.62. The van der Waals surface area contributed by atoms with E-state index in [1.54, 1.807) is 0 Å². The first-order valence-corrected chi connectivity index (χ1v) is 6.70. The first kappa shape index (κ1) is 19.4. The predicted octanol–water partition coefficient (Wildman–Crippen LogP) is -5.14. The molecule has 8 N–H and O–H groups in total. The molecule has 130 valence electrons. The standard InChI is InChI=1S/C12H22O10/c1-3-5(15)7(17)10(20)12(22-3)11(21)9(19)8(18)6(16)4(14)2-13/h3-10,12-20H,2H2,1H3/t3-,4+,5-,6+,7+,8-,9+,10+,12?/m0/s1. The molecular weight excluding hydrogens is 304 g/mol. The first-order valence-electron chi connectivity index (χ1n) is 6.70. The van der Waals surface area contributed by atoms with E-state index in [1.165, 1.54) is 6.92 Å². The highest BCUT2D eigenvalue weighted by Crippen LogP contribution is 2.23. The third kappa shape index (κ3) is 3.79. The normalized spacial score (nSPS) is 38.1. The molecule has 10 nitrogen and oxygen atoms in total. The Kier molecular flexibility index (Phi) is 6.80. The maximum atomic E-state index is 12.0. The fraction of sp³-hybridized carbons (Fsp3) is 0.917. The van der Waals surface area contributed by atoms with Gasteiger partial charge in [-0.05, 0) is 6.92 Å². The second kappa shape index (κ2) is 7.73. The van der Waals surface area contributed by atoms with Crippen LogP contribution in [0.3, 0.4) is 0 Å². The van der Waals surface area contributed by atoms with E-state index < -0.39 is 67.3 Å². The molecule has 1 aliphatic rings. The highest BCUT2D eigenvalue weighted by molar-refractivity contribution is 5.88. The molecule has 0 bridgehead atoms. The van der Waals surface area contributed by atoms with Crippen molar-refractivity contribution in [3.05, 3.63) is 0 Å². The molecule has 0 aromatic rings. The number of Topliss-reactive ketones (excluding diaryl/α,β-unsaturated/α-hetero) is 1. The molecule has 10 heteroatoms. The largest absolute Gasteiger partial charge is 0.394 e. The molecule has 0 saturated carbocycles. The molecule has 9 atom stereocenters. The Morgan fingerprint density at radius 3 is 2.05 bits per heavy atom. The van der Waals surface area contributed by atoms with Gasteiger partial charge < -0.3 is 45.6 Å². The maximum Gasteiger partial charge on any atom is 0.195 e. The number of rotatable bonds is 6. The monoisotopic (exact) mass is 326 g/mol. The molecule has 1 saturated heterocycles.